The van der Waals surface area contributed by atoms with E-state index in [1.807, 2.05) is 0 Å². The first-order chi connectivity index (χ1) is 3.30. The maximum atomic E-state index is 2.35. The molecular formula is C6H12N. The second-order valence-electron chi connectivity index (χ2n) is 2.25. The topological polar surface area (TPSA) is 3.24 Å². The van der Waals surface area contributed by atoms with Gasteiger partial charge >= 0.3 is 0 Å². The lowest BCUT2D eigenvalue weighted by Crippen LogP contribution is -2.21. The van der Waals surface area contributed by atoms with Crippen molar-refractivity contribution in [2.45, 2.75) is 19.4 Å². The molecule has 7 heavy (non-hydrogen) atoms. The lowest BCUT2D eigenvalue weighted by Gasteiger charge is -2.11. The summed E-state index contributed by atoms with van der Waals surface area (Å²) in [6.45, 7) is 3.48. The van der Waals surface area contributed by atoms with Gasteiger partial charge in [-0.3, -0.25) is 0 Å². The summed E-state index contributed by atoms with van der Waals surface area (Å²) in [5.41, 5.74) is 0. The highest BCUT2D eigenvalue weighted by Crippen LogP contribution is 2.11. The molecule has 1 heterocycles. The zero-order valence-electron chi connectivity index (χ0n) is 5.02. The van der Waals surface area contributed by atoms with Gasteiger partial charge in [-0.15, -0.1) is 0 Å². The van der Waals surface area contributed by atoms with Crippen LogP contribution in [0, 0.1) is 6.42 Å². The molecule has 0 unspecified atom stereocenters. The van der Waals surface area contributed by atoms with Crippen molar-refractivity contribution >= 4 is 0 Å². The molecule has 1 aliphatic heterocycles. The number of hydrogen-bond donors (Lipinski definition) is 0. The summed E-state index contributed by atoms with van der Waals surface area (Å²) in [7, 11) is 2.16. The molecule has 1 nitrogen and oxygen atoms in total. The molecule has 1 rings (SSSR count). The molecule has 41 valence electrons. The lowest BCUT2D eigenvalue weighted by atomic mass is 10.3. The zero-order chi connectivity index (χ0) is 5.28. The van der Waals surface area contributed by atoms with E-state index in [0.29, 0.717) is 0 Å². The summed E-state index contributed by atoms with van der Waals surface area (Å²) in [6, 6.07) is 0.722. The molecule has 1 aliphatic rings. The smallest absolute Gasteiger partial charge is 0.00958 e. The highest BCUT2D eigenvalue weighted by molar-refractivity contribution is 4.87. The van der Waals surface area contributed by atoms with Gasteiger partial charge in [-0.05, 0) is 33.4 Å². The number of likely N-dealkylation sites (tertiary alicyclic amines) is 1. The molecule has 1 fully saturated rings. The van der Waals surface area contributed by atoms with Crippen LogP contribution in [0.1, 0.15) is 13.3 Å². The molecule has 1 atom stereocenters. The summed E-state index contributed by atoms with van der Waals surface area (Å²) >= 11 is 0. The third kappa shape index (κ3) is 0.942. The fourth-order valence-corrected chi connectivity index (χ4v) is 0.903. The Morgan fingerprint density at radius 3 is 2.57 bits per heavy atom. The Hall–Kier alpha value is -0.0400. The summed E-state index contributed by atoms with van der Waals surface area (Å²) in [5, 5.41) is 0. The predicted octanol–water partition coefficient (Wildman–Crippen LogP) is 0.915. The summed E-state index contributed by atoms with van der Waals surface area (Å²) in [5.74, 6) is 0. The molecule has 0 N–H and O–H groups in total. The van der Waals surface area contributed by atoms with Crippen LogP contribution in [0.25, 0.3) is 0 Å². The van der Waals surface area contributed by atoms with Gasteiger partial charge in [0.1, 0.15) is 0 Å². The first-order valence-corrected chi connectivity index (χ1v) is 2.84. The van der Waals surface area contributed by atoms with Crippen LogP contribution >= 0.6 is 0 Å². The van der Waals surface area contributed by atoms with Crippen LogP contribution in [0.4, 0.5) is 0 Å². The maximum absolute atomic E-state index is 2.35. The zero-order valence-corrected chi connectivity index (χ0v) is 5.02. The van der Waals surface area contributed by atoms with Gasteiger partial charge in [-0.1, -0.05) is 0 Å². The molecule has 0 saturated carbocycles. The van der Waals surface area contributed by atoms with E-state index in [0.717, 1.165) is 6.04 Å². The third-order valence-corrected chi connectivity index (χ3v) is 1.68. The van der Waals surface area contributed by atoms with E-state index >= 15 is 0 Å². The van der Waals surface area contributed by atoms with Crippen molar-refractivity contribution in [3.63, 3.8) is 0 Å². The van der Waals surface area contributed by atoms with Crippen LogP contribution in [0.5, 0.6) is 0 Å². The van der Waals surface area contributed by atoms with E-state index in [9.17, 15) is 0 Å². The minimum atomic E-state index is 0.722. The van der Waals surface area contributed by atoms with E-state index in [2.05, 4.69) is 25.3 Å². The highest BCUT2D eigenvalue weighted by Gasteiger charge is 2.14. The first kappa shape index (κ1) is 5.10. The van der Waals surface area contributed by atoms with Crippen molar-refractivity contribution in [2.75, 3.05) is 13.6 Å². The van der Waals surface area contributed by atoms with Gasteiger partial charge in [0.25, 0.3) is 0 Å². The Labute approximate surface area is 45.3 Å². The minimum Gasteiger partial charge on any atom is -0.303 e. The SMILES string of the molecule is C[C@H]1[CH]CCN1C. The van der Waals surface area contributed by atoms with Crippen molar-refractivity contribution in [1.29, 1.82) is 0 Å². The predicted molar refractivity (Wildman–Crippen MR) is 31.0 cm³/mol. The van der Waals surface area contributed by atoms with E-state index in [1.165, 1.54) is 13.0 Å². The van der Waals surface area contributed by atoms with Crippen LogP contribution in [0.3, 0.4) is 0 Å². The van der Waals surface area contributed by atoms with E-state index in [4.69, 9.17) is 0 Å². The van der Waals surface area contributed by atoms with Gasteiger partial charge in [0.2, 0.25) is 0 Å². The first-order valence-electron chi connectivity index (χ1n) is 2.84. The standard InChI is InChI=1S/C6H12N/c1-6-4-3-5-7(6)2/h4,6H,3,5H2,1-2H3/t6-/m0/s1. The van der Waals surface area contributed by atoms with E-state index in [1.54, 1.807) is 0 Å². The Morgan fingerprint density at radius 1 is 1.71 bits per heavy atom. The fourth-order valence-electron chi connectivity index (χ4n) is 0.903. The van der Waals surface area contributed by atoms with Crippen LogP contribution in [-0.2, 0) is 0 Å². The molecule has 1 heteroatoms. The molecule has 0 amide bonds. The summed E-state index contributed by atoms with van der Waals surface area (Å²) in [4.78, 5) is 2.35. The molecule has 0 spiro atoms. The molecule has 0 bridgehead atoms. The Morgan fingerprint density at radius 2 is 2.43 bits per heavy atom. The molecule has 0 aliphatic carbocycles. The Balaban J connectivity index is 2.33. The maximum Gasteiger partial charge on any atom is 0.00958 e. The quantitative estimate of drug-likeness (QED) is 0.435. The van der Waals surface area contributed by atoms with Crippen molar-refractivity contribution in [1.82, 2.24) is 4.90 Å². The van der Waals surface area contributed by atoms with Crippen molar-refractivity contribution in [3.05, 3.63) is 6.42 Å². The Kier molecular flexibility index (Phi) is 1.33. The van der Waals surface area contributed by atoms with Crippen LogP contribution in [-0.4, -0.2) is 24.5 Å². The van der Waals surface area contributed by atoms with E-state index in [-0.39, 0.29) is 0 Å². The largest absolute Gasteiger partial charge is 0.303 e. The van der Waals surface area contributed by atoms with Gasteiger partial charge in [0.05, 0.1) is 0 Å². The fraction of sp³-hybridized carbons (Fsp3) is 0.833. The second kappa shape index (κ2) is 1.83. The van der Waals surface area contributed by atoms with Crippen LogP contribution < -0.4 is 0 Å². The van der Waals surface area contributed by atoms with Gasteiger partial charge < -0.3 is 4.90 Å². The summed E-state index contributed by atoms with van der Waals surface area (Å²) < 4.78 is 0. The van der Waals surface area contributed by atoms with Crippen molar-refractivity contribution < 1.29 is 0 Å². The lowest BCUT2D eigenvalue weighted by molar-refractivity contribution is 0.346. The minimum absolute atomic E-state index is 0.722. The molecule has 1 saturated heterocycles. The van der Waals surface area contributed by atoms with Gasteiger partial charge in [0.15, 0.2) is 0 Å². The third-order valence-electron chi connectivity index (χ3n) is 1.68. The number of nitrogens with zero attached hydrogens (tertiary/aromatic N) is 1. The molecule has 0 aromatic carbocycles. The normalized spacial score (nSPS) is 34.3. The van der Waals surface area contributed by atoms with Gasteiger partial charge in [-0.25, -0.2) is 0 Å². The van der Waals surface area contributed by atoms with Crippen LogP contribution in [0.15, 0.2) is 0 Å². The molecule has 0 aromatic heterocycles. The van der Waals surface area contributed by atoms with E-state index < -0.39 is 0 Å². The number of rotatable bonds is 0. The average Bonchev–Trinajstić information content (AvgIpc) is 1.91. The van der Waals surface area contributed by atoms with Gasteiger partial charge in [-0.2, -0.15) is 0 Å². The van der Waals surface area contributed by atoms with Crippen LogP contribution in [0.2, 0.25) is 0 Å². The number of hydrogen-bond acceptors (Lipinski definition) is 1. The summed E-state index contributed by atoms with van der Waals surface area (Å²) in [6.07, 6.45) is 3.62. The van der Waals surface area contributed by atoms with Crippen molar-refractivity contribution in [2.24, 2.45) is 0 Å². The average molecular weight is 98.2 g/mol. The molecule has 0 aromatic rings. The molecule has 1 radical (unpaired) electrons. The highest BCUT2D eigenvalue weighted by atomic mass is 15.1. The second-order valence-corrected chi connectivity index (χ2v) is 2.25. The Bertz CT molecular complexity index is 53.2. The van der Waals surface area contributed by atoms with Gasteiger partial charge in [0, 0.05) is 6.04 Å². The van der Waals surface area contributed by atoms with Crippen molar-refractivity contribution in [3.8, 4) is 0 Å². The monoisotopic (exact) mass is 98.1 g/mol. The molecular weight excluding hydrogens is 86.1 g/mol.